The Balaban J connectivity index is 1.69. The average molecular weight is 347 g/mol. The van der Waals surface area contributed by atoms with Crippen molar-refractivity contribution in [1.82, 2.24) is 4.57 Å². The summed E-state index contributed by atoms with van der Waals surface area (Å²) in [5.74, 6) is 0. The predicted octanol–water partition coefficient (Wildman–Crippen LogP) is 7.15. The molecule has 5 rings (SSSR count). The lowest BCUT2D eigenvalue weighted by atomic mass is 9.98. The molecular weight excluding hydrogens is 326 g/mol. The van der Waals surface area contributed by atoms with E-state index in [-0.39, 0.29) is 0 Å². The highest BCUT2D eigenvalue weighted by Gasteiger charge is 2.10. The van der Waals surface area contributed by atoms with Gasteiger partial charge < -0.3 is 4.57 Å². The maximum absolute atomic E-state index is 2.40. The first-order valence-corrected chi connectivity index (χ1v) is 9.52. The fraction of sp³-hybridized carbons (Fsp3) is 0.0769. The van der Waals surface area contributed by atoms with E-state index < -0.39 is 0 Å². The molecule has 4 aromatic carbocycles. The lowest BCUT2D eigenvalue weighted by Gasteiger charge is -2.07. The van der Waals surface area contributed by atoms with Gasteiger partial charge in [0.2, 0.25) is 0 Å². The number of para-hydroxylation sites is 1. The summed E-state index contributed by atoms with van der Waals surface area (Å²) in [6.45, 7) is 3.19. The molecule has 0 saturated heterocycles. The van der Waals surface area contributed by atoms with E-state index in [2.05, 4.69) is 109 Å². The van der Waals surface area contributed by atoms with E-state index in [0.29, 0.717) is 0 Å². The number of nitrogens with zero attached hydrogens (tertiary/aromatic N) is 1. The third kappa shape index (κ3) is 2.63. The van der Waals surface area contributed by atoms with Crippen LogP contribution in [0, 0.1) is 0 Å². The highest BCUT2D eigenvalue weighted by atomic mass is 15.0. The molecular formula is C26H21N. The van der Waals surface area contributed by atoms with Gasteiger partial charge in [0.1, 0.15) is 0 Å². The first-order chi connectivity index (χ1) is 13.3. The van der Waals surface area contributed by atoms with Gasteiger partial charge in [0.15, 0.2) is 0 Å². The van der Waals surface area contributed by atoms with Gasteiger partial charge in [-0.25, -0.2) is 0 Å². The lowest BCUT2D eigenvalue weighted by molar-refractivity contribution is 0.827. The van der Waals surface area contributed by atoms with Crippen LogP contribution in [0.2, 0.25) is 0 Å². The molecule has 1 nitrogen and oxygen atoms in total. The number of hydrogen-bond donors (Lipinski definition) is 0. The van der Waals surface area contributed by atoms with Gasteiger partial charge in [-0.3, -0.25) is 0 Å². The van der Waals surface area contributed by atoms with Crippen molar-refractivity contribution in [1.29, 1.82) is 0 Å². The van der Waals surface area contributed by atoms with Gasteiger partial charge >= 0.3 is 0 Å². The van der Waals surface area contributed by atoms with Crippen molar-refractivity contribution in [2.45, 2.75) is 13.5 Å². The normalized spacial score (nSPS) is 11.3. The van der Waals surface area contributed by atoms with E-state index >= 15 is 0 Å². The molecule has 27 heavy (non-hydrogen) atoms. The average Bonchev–Trinajstić information content (AvgIpc) is 3.07. The molecule has 0 aliphatic heterocycles. The van der Waals surface area contributed by atoms with E-state index in [9.17, 15) is 0 Å². The Morgan fingerprint density at radius 2 is 1.15 bits per heavy atom. The van der Waals surface area contributed by atoms with Crippen molar-refractivity contribution < 1.29 is 0 Å². The number of rotatable bonds is 3. The van der Waals surface area contributed by atoms with Crippen LogP contribution in [0.25, 0.3) is 44.1 Å². The predicted molar refractivity (Wildman–Crippen MR) is 116 cm³/mol. The summed E-state index contributed by atoms with van der Waals surface area (Å²) in [5, 5.41) is 2.66. The lowest BCUT2D eigenvalue weighted by Crippen LogP contribution is -1.92. The molecule has 130 valence electrons. The van der Waals surface area contributed by atoms with Crippen LogP contribution in [-0.4, -0.2) is 4.57 Å². The molecule has 1 heterocycles. The first kappa shape index (κ1) is 15.9. The van der Waals surface area contributed by atoms with Crippen molar-refractivity contribution in [2.24, 2.45) is 0 Å². The van der Waals surface area contributed by atoms with Crippen LogP contribution in [0.5, 0.6) is 0 Å². The summed E-state index contributed by atoms with van der Waals surface area (Å²) < 4.78 is 2.40. The third-order valence-electron chi connectivity index (χ3n) is 5.39. The topological polar surface area (TPSA) is 4.93 Å². The van der Waals surface area contributed by atoms with E-state index in [4.69, 9.17) is 0 Å². The maximum Gasteiger partial charge on any atom is 0.0491 e. The Kier molecular flexibility index (Phi) is 3.79. The molecule has 0 atom stereocenters. The molecule has 1 aromatic heterocycles. The van der Waals surface area contributed by atoms with Gasteiger partial charge in [-0.05, 0) is 53.4 Å². The van der Waals surface area contributed by atoms with Crippen molar-refractivity contribution in [2.75, 3.05) is 0 Å². The highest BCUT2D eigenvalue weighted by Crippen LogP contribution is 2.33. The SMILES string of the molecule is CCn1c2ccccc2c2cc(-c3cccc(-c4ccccc4)c3)ccc21. The fourth-order valence-electron chi connectivity index (χ4n) is 4.08. The van der Waals surface area contributed by atoms with Crippen LogP contribution in [0.15, 0.2) is 97.1 Å². The van der Waals surface area contributed by atoms with E-state index in [0.717, 1.165) is 6.54 Å². The summed E-state index contributed by atoms with van der Waals surface area (Å²) in [6, 6.07) is 34.9. The van der Waals surface area contributed by atoms with Crippen molar-refractivity contribution >= 4 is 21.8 Å². The number of fused-ring (bicyclic) bond motifs is 3. The van der Waals surface area contributed by atoms with Crippen molar-refractivity contribution in [3.05, 3.63) is 97.1 Å². The Bertz CT molecular complexity index is 1250. The minimum Gasteiger partial charge on any atom is -0.341 e. The Hall–Kier alpha value is -3.32. The van der Waals surface area contributed by atoms with Crippen LogP contribution < -0.4 is 0 Å². The third-order valence-corrected chi connectivity index (χ3v) is 5.39. The summed E-state index contributed by atoms with van der Waals surface area (Å²) in [6.07, 6.45) is 0. The first-order valence-electron chi connectivity index (χ1n) is 9.52. The Labute approximate surface area is 159 Å². The van der Waals surface area contributed by atoms with E-state index in [1.165, 1.54) is 44.1 Å². The fourth-order valence-corrected chi connectivity index (χ4v) is 4.08. The van der Waals surface area contributed by atoms with Gasteiger partial charge in [-0.1, -0.05) is 72.8 Å². The largest absolute Gasteiger partial charge is 0.341 e. The quantitative estimate of drug-likeness (QED) is 0.326. The van der Waals surface area contributed by atoms with Gasteiger partial charge in [0.25, 0.3) is 0 Å². The second-order valence-electron chi connectivity index (χ2n) is 6.94. The summed E-state index contributed by atoms with van der Waals surface area (Å²) in [4.78, 5) is 0. The molecule has 5 aromatic rings. The van der Waals surface area contributed by atoms with Crippen LogP contribution in [0.4, 0.5) is 0 Å². The molecule has 0 amide bonds. The van der Waals surface area contributed by atoms with Crippen molar-refractivity contribution in [3.63, 3.8) is 0 Å². The molecule has 0 aliphatic rings. The van der Waals surface area contributed by atoms with E-state index in [1.54, 1.807) is 0 Å². The van der Waals surface area contributed by atoms with E-state index in [1.807, 2.05) is 0 Å². The minimum atomic E-state index is 0.979. The zero-order chi connectivity index (χ0) is 18.2. The Morgan fingerprint density at radius 3 is 1.96 bits per heavy atom. The zero-order valence-corrected chi connectivity index (χ0v) is 15.4. The smallest absolute Gasteiger partial charge is 0.0491 e. The monoisotopic (exact) mass is 347 g/mol. The zero-order valence-electron chi connectivity index (χ0n) is 15.4. The van der Waals surface area contributed by atoms with Crippen LogP contribution >= 0.6 is 0 Å². The summed E-state index contributed by atoms with van der Waals surface area (Å²) in [7, 11) is 0. The minimum absolute atomic E-state index is 0.979. The second kappa shape index (κ2) is 6.44. The molecule has 0 aliphatic carbocycles. The molecule has 0 bridgehead atoms. The number of hydrogen-bond acceptors (Lipinski definition) is 0. The second-order valence-corrected chi connectivity index (χ2v) is 6.94. The molecule has 0 fully saturated rings. The maximum atomic E-state index is 2.40. The number of benzene rings is 4. The summed E-state index contributed by atoms with van der Waals surface area (Å²) >= 11 is 0. The van der Waals surface area contributed by atoms with Gasteiger partial charge in [-0.2, -0.15) is 0 Å². The molecule has 0 radical (unpaired) electrons. The van der Waals surface area contributed by atoms with Gasteiger partial charge in [0, 0.05) is 28.4 Å². The molecule has 0 unspecified atom stereocenters. The Morgan fingerprint density at radius 1 is 0.519 bits per heavy atom. The van der Waals surface area contributed by atoms with Crippen LogP contribution in [0.1, 0.15) is 6.92 Å². The van der Waals surface area contributed by atoms with Crippen LogP contribution in [-0.2, 0) is 6.54 Å². The number of aryl methyl sites for hydroxylation is 1. The number of aromatic nitrogens is 1. The highest BCUT2D eigenvalue weighted by molar-refractivity contribution is 6.09. The van der Waals surface area contributed by atoms with Gasteiger partial charge in [-0.15, -0.1) is 0 Å². The van der Waals surface area contributed by atoms with Crippen molar-refractivity contribution in [3.8, 4) is 22.3 Å². The standard InChI is InChI=1S/C26H21N/c1-2-27-25-14-7-6-13-23(25)24-18-22(15-16-26(24)27)21-12-8-11-20(17-21)19-9-4-3-5-10-19/h3-18H,2H2,1H3. The molecule has 1 heteroatoms. The molecule has 0 N–H and O–H groups in total. The summed E-state index contributed by atoms with van der Waals surface area (Å²) in [5.41, 5.74) is 7.64. The van der Waals surface area contributed by atoms with Crippen LogP contribution in [0.3, 0.4) is 0 Å². The molecule has 0 spiro atoms. The molecule has 0 saturated carbocycles. The van der Waals surface area contributed by atoms with Gasteiger partial charge in [0.05, 0.1) is 0 Å².